The lowest BCUT2D eigenvalue weighted by Gasteiger charge is -2.30. The molecule has 1 aromatic carbocycles. The van der Waals surface area contributed by atoms with Crippen LogP contribution in [0.2, 0.25) is 0 Å². The minimum absolute atomic E-state index is 0.184. The molecular formula is C25H26FN3O4S. The molecule has 1 aliphatic rings. The van der Waals surface area contributed by atoms with E-state index in [1.165, 1.54) is 23.5 Å². The Balaban J connectivity index is 2.05. The van der Waals surface area contributed by atoms with E-state index in [0.29, 0.717) is 44.5 Å². The molecule has 0 bridgehead atoms. The van der Waals surface area contributed by atoms with Crippen LogP contribution in [0.5, 0.6) is 0 Å². The number of ether oxygens (including phenoxy) is 2. The summed E-state index contributed by atoms with van der Waals surface area (Å²) in [6.07, 6.45) is 1.92. The van der Waals surface area contributed by atoms with E-state index in [1.807, 2.05) is 17.5 Å². The fourth-order valence-electron chi connectivity index (χ4n) is 4.30. The Morgan fingerprint density at radius 1 is 1.03 bits per heavy atom. The molecule has 0 spiro atoms. The van der Waals surface area contributed by atoms with E-state index < -0.39 is 17.9 Å². The Bertz CT molecular complexity index is 1290. The SMILES string of the molecule is CCOC(=O)C1=C(C)NC(C)=C(C(=O)OCC)C1c1c(-c2ccc(F)cc2)nc2sc(C)cn12. The van der Waals surface area contributed by atoms with E-state index in [-0.39, 0.29) is 19.0 Å². The van der Waals surface area contributed by atoms with Crippen LogP contribution in [0.15, 0.2) is 53.0 Å². The molecule has 7 nitrogen and oxygen atoms in total. The highest BCUT2D eigenvalue weighted by Gasteiger charge is 2.41. The van der Waals surface area contributed by atoms with Crippen molar-refractivity contribution in [2.24, 2.45) is 0 Å². The number of benzene rings is 1. The molecule has 1 aliphatic heterocycles. The van der Waals surface area contributed by atoms with Crippen LogP contribution in [-0.4, -0.2) is 34.5 Å². The van der Waals surface area contributed by atoms with E-state index in [4.69, 9.17) is 14.5 Å². The Kier molecular flexibility index (Phi) is 6.56. The van der Waals surface area contributed by atoms with Crippen molar-refractivity contribution in [2.75, 3.05) is 13.2 Å². The van der Waals surface area contributed by atoms with Crippen LogP contribution >= 0.6 is 11.3 Å². The number of imidazole rings is 1. The molecule has 0 atom stereocenters. The molecule has 0 saturated heterocycles. The minimum Gasteiger partial charge on any atom is -0.463 e. The molecular weight excluding hydrogens is 457 g/mol. The van der Waals surface area contributed by atoms with Gasteiger partial charge in [-0.1, -0.05) is 0 Å². The number of rotatable bonds is 6. The number of carbonyl (C=O) groups is 2. The number of allylic oxidation sites excluding steroid dienone is 2. The lowest BCUT2D eigenvalue weighted by Crippen LogP contribution is -2.33. The smallest absolute Gasteiger partial charge is 0.336 e. The molecule has 1 N–H and O–H groups in total. The maximum absolute atomic E-state index is 13.7. The van der Waals surface area contributed by atoms with Gasteiger partial charge in [0, 0.05) is 28.0 Å². The van der Waals surface area contributed by atoms with Gasteiger partial charge in [-0.25, -0.2) is 19.0 Å². The van der Waals surface area contributed by atoms with Gasteiger partial charge < -0.3 is 14.8 Å². The van der Waals surface area contributed by atoms with E-state index in [1.54, 1.807) is 39.8 Å². The highest BCUT2D eigenvalue weighted by atomic mass is 32.1. The second-order valence-corrected chi connectivity index (χ2v) is 9.14. The number of esters is 2. The average molecular weight is 484 g/mol. The third-order valence-corrected chi connectivity index (χ3v) is 6.52. The number of nitrogens with zero attached hydrogens (tertiary/aromatic N) is 2. The molecule has 4 rings (SSSR count). The number of hydrogen-bond donors (Lipinski definition) is 1. The highest BCUT2D eigenvalue weighted by Crippen LogP contribution is 2.44. The van der Waals surface area contributed by atoms with Gasteiger partial charge in [-0.15, -0.1) is 11.3 Å². The van der Waals surface area contributed by atoms with Crippen LogP contribution < -0.4 is 5.32 Å². The van der Waals surface area contributed by atoms with Gasteiger partial charge in [0.2, 0.25) is 0 Å². The number of fused-ring (bicyclic) bond motifs is 1. The maximum Gasteiger partial charge on any atom is 0.336 e. The summed E-state index contributed by atoms with van der Waals surface area (Å²) in [6, 6.07) is 6.00. The van der Waals surface area contributed by atoms with Gasteiger partial charge in [-0.2, -0.15) is 0 Å². The fourth-order valence-corrected chi connectivity index (χ4v) is 5.13. The largest absolute Gasteiger partial charge is 0.463 e. The predicted octanol–water partition coefficient (Wildman–Crippen LogP) is 4.87. The summed E-state index contributed by atoms with van der Waals surface area (Å²) in [7, 11) is 0. The highest BCUT2D eigenvalue weighted by molar-refractivity contribution is 7.17. The number of dihydropyridines is 1. The first-order valence-electron chi connectivity index (χ1n) is 11.0. The van der Waals surface area contributed by atoms with Crippen molar-refractivity contribution in [3.05, 3.63) is 69.4 Å². The van der Waals surface area contributed by atoms with E-state index in [2.05, 4.69) is 5.32 Å². The van der Waals surface area contributed by atoms with Crippen molar-refractivity contribution in [1.29, 1.82) is 0 Å². The van der Waals surface area contributed by atoms with Gasteiger partial charge in [0.05, 0.1) is 41.7 Å². The Morgan fingerprint density at radius 2 is 1.59 bits per heavy atom. The molecule has 0 fully saturated rings. The third kappa shape index (κ3) is 4.11. The number of thiazole rings is 1. The summed E-state index contributed by atoms with van der Waals surface area (Å²) in [4.78, 5) is 33.0. The predicted molar refractivity (Wildman–Crippen MR) is 128 cm³/mol. The van der Waals surface area contributed by atoms with Crippen LogP contribution in [-0.2, 0) is 19.1 Å². The van der Waals surface area contributed by atoms with E-state index >= 15 is 0 Å². The second-order valence-electron chi connectivity index (χ2n) is 7.92. The first-order chi connectivity index (χ1) is 16.3. The Labute approximate surface area is 200 Å². The summed E-state index contributed by atoms with van der Waals surface area (Å²) in [5, 5.41) is 3.15. The van der Waals surface area contributed by atoms with Crippen LogP contribution in [0.3, 0.4) is 0 Å². The first-order valence-corrected chi connectivity index (χ1v) is 11.9. The van der Waals surface area contributed by atoms with Crippen LogP contribution in [0.4, 0.5) is 4.39 Å². The Morgan fingerprint density at radius 3 is 2.12 bits per heavy atom. The molecule has 3 heterocycles. The molecule has 0 aliphatic carbocycles. The number of aromatic nitrogens is 2. The summed E-state index contributed by atoms with van der Waals surface area (Å²) in [6.45, 7) is 9.35. The normalized spacial score (nSPS) is 14.5. The van der Waals surface area contributed by atoms with Gasteiger partial charge in [0.25, 0.3) is 0 Å². The fraction of sp³-hybridized carbons (Fsp3) is 0.320. The number of nitrogens with one attached hydrogen (secondary N) is 1. The monoisotopic (exact) mass is 483 g/mol. The van der Waals surface area contributed by atoms with Gasteiger partial charge in [-0.05, 0) is 58.9 Å². The maximum atomic E-state index is 13.7. The standard InChI is InChI=1S/C25H26FN3O4S/c1-6-32-23(30)18-14(4)27-15(5)19(24(31)33-7-2)20(18)22-21(16-8-10-17(26)11-9-16)28-25-29(22)12-13(3)34-25/h8-12,20,27H,6-7H2,1-5H3. The van der Waals surface area contributed by atoms with E-state index in [9.17, 15) is 14.0 Å². The lowest BCUT2D eigenvalue weighted by molar-refractivity contribution is -0.139. The summed E-state index contributed by atoms with van der Waals surface area (Å²) in [5.74, 6) is -2.23. The molecule has 3 aromatic rings. The van der Waals surface area contributed by atoms with Gasteiger partial charge >= 0.3 is 11.9 Å². The minimum atomic E-state index is -0.802. The lowest BCUT2D eigenvalue weighted by atomic mass is 9.81. The molecule has 0 amide bonds. The zero-order valence-corrected chi connectivity index (χ0v) is 20.5. The molecule has 178 valence electrons. The van der Waals surface area contributed by atoms with Crippen molar-refractivity contribution in [1.82, 2.24) is 14.7 Å². The second kappa shape index (κ2) is 9.42. The van der Waals surface area contributed by atoms with Crippen LogP contribution in [0.25, 0.3) is 16.2 Å². The van der Waals surface area contributed by atoms with Crippen molar-refractivity contribution in [3.63, 3.8) is 0 Å². The summed E-state index contributed by atoms with van der Waals surface area (Å²) in [5.41, 5.74) is 3.64. The van der Waals surface area contributed by atoms with Gasteiger partial charge in [-0.3, -0.25) is 4.40 Å². The molecule has 0 saturated carbocycles. The van der Waals surface area contributed by atoms with Crippen molar-refractivity contribution in [3.8, 4) is 11.3 Å². The summed E-state index contributed by atoms with van der Waals surface area (Å²) < 4.78 is 26.4. The number of hydrogen-bond acceptors (Lipinski definition) is 7. The van der Waals surface area contributed by atoms with Crippen LogP contribution in [0.1, 0.15) is 44.2 Å². The van der Waals surface area contributed by atoms with Gasteiger partial charge in [0.1, 0.15) is 5.82 Å². The molecule has 34 heavy (non-hydrogen) atoms. The van der Waals surface area contributed by atoms with Crippen molar-refractivity contribution >= 4 is 28.2 Å². The van der Waals surface area contributed by atoms with E-state index in [0.717, 1.165) is 4.88 Å². The number of halogens is 1. The third-order valence-electron chi connectivity index (χ3n) is 5.62. The quantitative estimate of drug-likeness (QED) is 0.504. The average Bonchev–Trinajstić information content (AvgIpc) is 3.29. The summed E-state index contributed by atoms with van der Waals surface area (Å²) >= 11 is 1.49. The number of aryl methyl sites for hydroxylation is 1. The topological polar surface area (TPSA) is 81.9 Å². The molecule has 2 aromatic heterocycles. The Hall–Kier alpha value is -3.46. The first kappa shape index (κ1) is 23.7. The number of carbonyl (C=O) groups excluding carboxylic acids is 2. The van der Waals surface area contributed by atoms with Gasteiger partial charge in [0.15, 0.2) is 4.96 Å². The van der Waals surface area contributed by atoms with Crippen molar-refractivity contribution < 1.29 is 23.5 Å². The molecule has 9 heteroatoms. The van der Waals surface area contributed by atoms with Crippen LogP contribution in [0, 0.1) is 12.7 Å². The zero-order chi connectivity index (χ0) is 24.6. The molecule has 0 radical (unpaired) electrons. The molecule has 0 unspecified atom stereocenters. The van der Waals surface area contributed by atoms with Crippen molar-refractivity contribution in [2.45, 2.75) is 40.5 Å². The zero-order valence-electron chi connectivity index (χ0n) is 19.7.